The number of rotatable bonds is 2. The number of anilines is 1. The molecule has 4 nitrogen and oxygen atoms in total. The first-order valence-electron chi connectivity index (χ1n) is 7.14. The molecule has 0 amide bonds. The molecule has 0 saturated heterocycles. The Morgan fingerprint density at radius 1 is 1.35 bits per heavy atom. The molecule has 104 valence electrons. The van der Waals surface area contributed by atoms with Crippen molar-refractivity contribution in [2.75, 3.05) is 5.73 Å². The molecule has 1 heterocycles. The molecule has 0 saturated carbocycles. The predicted octanol–water partition coefficient (Wildman–Crippen LogP) is 2.19. The van der Waals surface area contributed by atoms with E-state index in [2.05, 4.69) is 34.2 Å². The highest BCUT2D eigenvalue weighted by Crippen LogP contribution is 2.30. The van der Waals surface area contributed by atoms with E-state index in [1.165, 1.54) is 11.1 Å². The summed E-state index contributed by atoms with van der Waals surface area (Å²) >= 11 is 0. The SMILES string of the molecule is CCc1c(N)nc(C2CCc3ccccc3C2)[nH]c1=O. The minimum Gasteiger partial charge on any atom is -0.383 e. The van der Waals surface area contributed by atoms with Gasteiger partial charge in [-0.05, 0) is 36.8 Å². The molecule has 0 radical (unpaired) electrons. The largest absolute Gasteiger partial charge is 0.383 e. The molecule has 4 heteroatoms. The summed E-state index contributed by atoms with van der Waals surface area (Å²) in [4.78, 5) is 19.3. The van der Waals surface area contributed by atoms with Crippen LogP contribution in [0.4, 0.5) is 5.82 Å². The number of aromatic nitrogens is 2. The van der Waals surface area contributed by atoms with Crippen LogP contribution < -0.4 is 11.3 Å². The Morgan fingerprint density at radius 3 is 2.80 bits per heavy atom. The van der Waals surface area contributed by atoms with Crippen LogP contribution in [0.2, 0.25) is 0 Å². The fourth-order valence-electron chi connectivity index (χ4n) is 3.00. The molecule has 2 aromatic rings. The van der Waals surface area contributed by atoms with Gasteiger partial charge in [-0.3, -0.25) is 4.79 Å². The Labute approximate surface area is 118 Å². The molecule has 0 bridgehead atoms. The zero-order valence-electron chi connectivity index (χ0n) is 11.6. The van der Waals surface area contributed by atoms with E-state index in [0.29, 0.717) is 17.8 Å². The summed E-state index contributed by atoms with van der Waals surface area (Å²) < 4.78 is 0. The van der Waals surface area contributed by atoms with Gasteiger partial charge in [0.25, 0.3) is 5.56 Å². The van der Waals surface area contributed by atoms with Crippen LogP contribution in [0.1, 0.15) is 41.8 Å². The molecule has 0 spiro atoms. The Balaban J connectivity index is 1.94. The third-order valence-electron chi connectivity index (χ3n) is 4.15. The lowest BCUT2D eigenvalue weighted by Gasteiger charge is -2.24. The fraction of sp³-hybridized carbons (Fsp3) is 0.375. The zero-order valence-corrected chi connectivity index (χ0v) is 11.6. The average Bonchev–Trinajstić information content (AvgIpc) is 2.46. The van der Waals surface area contributed by atoms with Crippen LogP contribution in [0.15, 0.2) is 29.1 Å². The number of aromatic amines is 1. The second kappa shape index (κ2) is 5.12. The van der Waals surface area contributed by atoms with Gasteiger partial charge in [0, 0.05) is 5.92 Å². The summed E-state index contributed by atoms with van der Waals surface area (Å²) in [5.41, 5.74) is 9.16. The molecule has 20 heavy (non-hydrogen) atoms. The first-order chi connectivity index (χ1) is 9.69. The third-order valence-corrected chi connectivity index (χ3v) is 4.15. The average molecular weight is 269 g/mol. The first-order valence-corrected chi connectivity index (χ1v) is 7.14. The predicted molar refractivity (Wildman–Crippen MR) is 79.9 cm³/mol. The number of nitrogens with one attached hydrogen (secondary N) is 1. The summed E-state index contributed by atoms with van der Waals surface area (Å²) in [6.45, 7) is 1.92. The number of nitrogens with two attached hydrogens (primary N) is 1. The third kappa shape index (κ3) is 2.22. The Bertz CT molecular complexity index is 690. The summed E-state index contributed by atoms with van der Waals surface area (Å²) in [5, 5.41) is 0. The van der Waals surface area contributed by atoms with E-state index in [4.69, 9.17) is 5.73 Å². The van der Waals surface area contributed by atoms with Crippen molar-refractivity contribution in [2.45, 2.75) is 38.5 Å². The summed E-state index contributed by atoms with van der Waals surface area (Å²) in [7, 11) is 0. The highest BCUT2D eigenvalue weighted by atomic mass is 16.1. The zero-order chi connectivity index (χ0) is 14.1. The van der Waals surface area contributed by atoms with E-state index in [1.807, 2.05) is 6.92 Å². The molecule has 1 aliphatic carbocycles. The smallest absolute Gasteiger partial charge is 0.256 e. The van der Waals surface area contributed by atoms with Gasteiger partial charge in [-0.25, -0.2) is 4.98 Å². The maximum atomic E-state index is 12.0. The molecular weight excluding hydrogens is 250 g/mol. The number of aryl methyl sites for hydroxylation is 1. The van der Waals surface area contributed by atoms with Crippen molar-refractivity contribution in [1.82, 2.24) is 9.97 Å². The minimum absolute atomic E-state index is 0.0890. The van der Waals surface area contributed by atoms with Crippen molar-refractivity contribution in [3.8, 4) is 0 Å². The van der Waals surface area contributed by atoms with E-state index in [-0.39, 0.29) is 11.5 Å². The number of hydrogen-bond donors (Lipinski definition) is 2. The lowest BCUT2D eigenvalue weighted by molar-refractivity contribution is 0.553. The lowest BCUT2D eigenvalue weighted by atomic mass is 9.83. The monoisotopic (exact) mass is 269 g/mol. The van der Waals surface area contributed by atoms with Crippen molar-refractivity contribution in [3.63, 3.8) is 0 Å². The topological polar surface area (TPSA) is 71.8 Å². The number of nitrogen functional groups attached to an aromatic ring is 1. The maximum absolute atomic E-state index is 12.0. The van der Waals surface area contributed by atoms with Crippen LogP contribution in [-0.4, -0.2) is 9.97 Å². The van der Waals surface area contributed by atoms with Crippen LogP contribution in [-0.2, 0) is 19.3 Å². The highest BCUT2D eigenvalue weighted by Gasteiger charge is 2.22. The van der Waals surface area contributed by atoms with Gasteiger partial charge in [-0.15, -0.1) is 0 Å². The molecule has 3 N–H and O–H groups in total. The summed E-state index contributed by atoms with van der Waals surface area (Å²) in [6.07, 6.45) is 3.57. The summed E-state index contributed by atoms with van der Waals surface area (Å²) in [6, 6.07) is 8.47. The van der Waals surface area contributed by atoms with E-state index in [1.54, 1.807) is 0 Å². The molecule has 1 aromatic heterocycles. The van der Waals surface area contributed by atoms with Crippen molar-refractivity contribution in [1.29, 1.82) is 0 Å². The summed E-state index contributed by atoms with van der Waals surface area (Å²) in [5.74, 6) is 1.37. The number of fused-ring (bicyclic) bond motifs is 1. The van der Waals surface area contributed by atoms with Crippen LogP contribution >= 0.6 is 0 Å². The van der Waals surface area contributed by atoms with Crippen molar-refractivity contribution in [3.05, 3.63) is 57.1 Å². The number of nitrogens with zero attached hydrogens (tertiary/aromatic N) is 1. The Hall–Kier alpha value is -2.10. The normalized spacial score (nSPS) is 17.8. The standard InChI is InChI=1S/C16H19N3O/c1-2-13-14(17)18-15(19-16(13)20)12-8-7-10-5-3-4-6-11(10)9-12/h3-6,12H,2,7-9H2,1H3,(H3,17,18,19,20). The molecule has 1 atom stereocenters. The number of hydrogen-bond acceptors (Lipinski definition) is 3. The quantitative estimate of drug-likeness (QED) is 0.877. The van der Waals surface area contributed by atoms with Gasteiger partial charge in [-0.2, -0.15) is 0 Å². The molecular formula is C16H19N3O. The van der Waals surface area contributed by atoms with Gasteiger partial charge in [0.2, 0.25) is 0 Å². The second-order valence-electron chi connectivity index (χ2n) is 5.38. The number of benzene rings is 1. The van der Waals surface area contributed by atoms with Crippen molar-refractivity contribution < 1.29 is 0 Å². The van der Waals surface area contributed by atoms with E-state index in [9.17, 15) is 4.79 Å². The van der Waals surface area contributed by atoms with Gasteiger partial charge in [0.1, 0.15) is 11.6 Å². The van der Waals surface area contributed by atoms with Crippen LogP contribution in [0.3, 0.4) is 0 Å². The van der Waals surface area contributed by atoms with E-state index in [0.717, 1.165) is 25.1 Å². The fourth-order valence-corrected chi connectivity index (χ4v) is 3.00. The molecule has 1 unspecified atom stereocenters. The van der Waals surface area contributed by atoms with Crippen LogP contribution in [0.5, 0.6) is 0 Å². The van der Waals surface area contributed by atoms with Gasteiger partial charge >= 0.3 is 0 Å². The van der Waals surface area contributed by atoms with Crippen molar-refractivity contribution in [2.24, 2.45) is 0 Å². The van der Waals surface area contributed by atoms with E-state index < -0.39 is 0 Å². The van der Waals surface area contributed by atoms with Crippen LogP contribution in [0.25, 0.3) is 0 Å². The molecule has 3 rings (SSSR count). The van der Waals surface area contributed by atoms with Gasteiger partial charge < -0.3 is 10.7 Å². The van der Waals surface area contributed by atoms with Gasteiger partial charge in [0.05, 0.1) is 5.56 Å². The van der Waals surface area contributed by atoms with Gasteiger partial charge in [-0.1, -0.05) is 31.2 Å². The lowest BCUT2D eigenvalue weighted by Crippen LogP contribution is -2.23. The second-order valence-corrected chi connectivity index (χ2v) is 5.38. The molecule has 1 aromatic carbocycles. The first kappa shape index (κ1) is 12.9. The van der Waals surface area contributed by atoms with E-state index >= 15 is 0 Å². The number of H-pyrrole nitrogens is 1. The van der Waals surface area contributed by atoms with Gasteiger partial charge in [0.15, 0.2) is 0 Å². The maximum Gasteiger partial charge on any atom is 0.256 e. The molecule has 1 aliphatic rings. The molecule has 0 aliphatic heterocycles. The molecule has 0 fully saturated rings. The Kier molecular flexibility index (Phi) is 3.30. The minimum atomic E-state index is -0.0890. The Morgan fingerprint density at radius 2 is 2.10 bits per heavy atom. The van der Waals surface area contributed by atoms with Crippen molar-refractivity contribution >= 4 is 5.82 Å². The van der Waals surface area contributed by atoms with Crippen LogP contribution in [0, 0.1) is 0 Å². The highest BCUT2D eigenvalue weighted by molar-refractivity contribution is 5.39.